The summed E-state index contributed by atoms with van der Waals surface area (Å²) in [4.78, 5) is 125. The fourth-order valence-electron chi connectivity index (χ4n) is 12.8. The van der Waals surface area contributed by atoms with Crippen LogP contribution in [0, 0.1) is 0 Å². The van der Waals surface area contributed by atoms with Crippen LogP contribution in [-0.2, 0) is 75.6 Å². The number of hydrogen-bond acceptors (Lipinski definition) is 24. The molecule has 2 aromatic heterocycles. The molecule has 1 aliphatic heterocycles. The summed E-state index contributed by atoms with van der Waals surface area (Å²) in [5.41, 5.74) is 0.680. The van der Waals surface area contributed by atoms with Crippen molar-refractivity contribution in [1.29, 1.82) is 0 Å². The van der Waals surface area contributed by atoms with Crippen LogP contribution >= 0.6 is 0 Å². The number of amides is 5. The van der Waals surface area contributed by atoms with Crippen molar-refractivity contribution >= 4 is 70.2 Å². The summed E-state index contributed by atoms with van der Waals surface area (Å²) in [6, 6.07) is 33.4. The zero-order chi connectivity index (χ0) is 83.7. The number of methoxy groups -OCH3 is 4. The number of fused-ring (bicyclic) bond motifs is 7. The van der Waals surface area contributed by atoms with Crippen molar-refractivity contribution in [1.82, 2.24) is 36.5 Å². The van der Waals surface area contributed by atoms with Gasteiger partial charge in [0, 0.05) is 53.2 Å². The number of benzene rings is 6. The Balaban J connectivity index is 1.09. The van der Waals surface area contributed by atoms with E-state index in [1.54, 1.807) is 85.1 Å². The van der Waals surface area contributed by atoms with Crippen molar-refractivity contribution in [2.75, 3.05) is 54.8 Å². The molecular weight excluding hydrogens is 1500 g/mol. The molecule has 3 heterocycles. The molecule has 6 aromatic carbocycles. The number of carbonyl (C=O) groups excluding carboxylic acids is 8. The summed E-state index contributed by atoms with van der Waals surface area (Å²) in [6.07, 6.45) is -1.37. The van der Waals surface area contributed by atoms with Crippen molar-refractivity contribution in [3.8, 4) is 62.6 Å². The van der Waals surface area contributed by atoms with Crippen LogP contribution in [0.2, 0.25) is 0 Å². The Kier molecular flexibility index (Phi) is 31.3. The second-order valence-corrected chi connectivity index (χ2v) is 30.4. The Morgan fingerprint density at radius 1 is 0.466 bits per heavy atom. The minimum Gasteiger partial charge on any atom is -0.493 e. The molecule has 0 unspecified atom stereocenters. The summed E-state index contributed by atoms with van der Waals surface area (Å²) in [5.74, 6) is -3.00. The van der Waals surface area contributed by atoms with Crippen molar-refractivity contribution in [3.05, 3.63) is 160 Å². The first-order valence-corrected chi connectivity index (χ1v) is 38.5. The van der Waals surface area contributed by atoms with E-state index in [-0.39, 0.29) is 134 Å². The Morgan fingerprint density at radius 3 is 1.40 bits per heavy atom. The van der Waals surface area contributed by atoms with Gasteiger partial charge in [0.2, 0.25) is 5.75 Å². The van der Waals surface area contributed by atoms with Gasteiger partial charge >= 0.3 is 54.0 Å². The topological polar surface area (TPSA) is 364 Å². The van der Waals surface area contributed by atoms with Crippen molar-refractivity contribution in [2.24, 2.45) is 0 Å². The van der Waals surface area contributed by atoms with Gasteiger partial charge in [-0.05, 0) is 180 Å². The standard InChI is InChI=1S/C86H105N7O23/c1-84(2,3)114-81(100)90-60(36-24-27-42-88-79(98)108-50-54-31-19-15-20-32-54)75(94)110-63-39-38-56(45-65(63)103-10)69-70-59-47-66(104-11)67(112-76(95)61(91-82(101)115-85(4,5)6)37-25-28-43-89-80(99)109-51-55-33-21-16-22-34-55)48-64(59)111-78(97)72(70)93-44-40-57-58(71(69)93)46-68(105-12)74(106-13)73(57)113-77(96)62(92-83(102)116-86(7,8)9)35-23-26-41-87-52-107-49-53-29-17-14-18-30-53/h14-22,29-34,38-39,45-48,60-62,87H,23-28,35-37,40-44,49-52H2,1-13H3,(H,88,98)(H,89,99)(H,90,100)(H,91,101)(H,92,102)/t60-,61-,62-/m0/s1. The molecule has 6 N–H and O–H groups in total. The van der Waals surface area contributed by atoms with Crippen LogP contribution in [0.5, 0.6) is 40.2 Å². The number of nitrogens with one attached hydrogen (secondary N) is 6. The van der Waals surface area contributed by atoms with Crippen LogP contribution in [0.15, 0.2) is 137 Å². The summed E-state index contributed by atoms with van der Waals surface area (Å²) in [7, 11) is 5.47. The van der Waals surface area contributed by atoms with Crippen LogP contribution < -0.4 is 70.7 Å². The van der Waals surface area contributed by atoms with Crippen molar-refractivity contribution in [3.63, 3.8) is 0 Å². The lowest BCUT2D eigenvalue weighted by Crippen LogP contribution is -2.45. The number of aryl methyl sites for hydroxylation is 1. The number of carbonyl (C=O) groups is 8. The first-order valence-electron chi connectivity index (χ1n) is 38.5. The molecule has 0 spiro atoms. The third-order valence-electron chi connectivity index (χ3n) is 18.0. The maximum atomic E-state index is 15.3. The third-order valence-corrected chi connectivity index (χ3v) is 18.0. The number of alkyl carbamates (subject to hydrolysis) is 5. The molecule has 30 heteroatoms. The van der Waals surface area contributed by atoms with Gasteiger partial charge in [-0.15, -0.1) is 0 Å². The number of nitrogens with zero attached hydrogens (tertiary/aromatic N) is 1. The van der Waals surface area contributed by atoms with E-state index in [1.165, 1.54) is 46.6 Å². The zero-order valence-corrected chi connectivity index (χ0v) is 67.9. The van der Waals surface area contributed by atoms with E-state index in [0.29, 0.717) is 73.2 Å². The summed E-state index contributed by atoms with van der Waals surface area (Å²) >= 11 is 0. The highest BCUT2D eigenvalue weighted by Crippen LogP contribution is 2.54. The predicted octanol–water partition coefficient (Wildman–Crippen LogP) is 14.2. The first-order chi connectivity index (χ1) is 55.4. The second kappa shape index (κ2) is 41.3. The van der Waals surface area contributed by atoms with Crippen LogP contribution in [0.4, 0.5) is 24.0 Å². The van der Waals surface area contributed by atoms with Gasteiger partial charge in [0.1, 0.15) is 59.2 Å². The Hall–Kier alpha value is -12.1. The van der Waals surface area contributed by atoms with E-state index in [4.69, 9.17) is 66.0 Å². The molecule has 3 atom stereocenters. The maximum absolute atomic E-state index is 15.3. The van der Waals surface area contributed by atoms with Gasteiger partial charge in [-0.2, -0.15) is 0 Å². The average Bonchev–Trinajstić information content (AvgIpc) is 1.54. The van der Waals surface area contributed by atoms with E-state index in [9.17, 15) is 33.6 Å². The first kappa shape index (κ1) is 87.9. The molecule has 0 radical (unpaired) electrons. The molecule has 30 nitrogen and oxygen atoms in total. The number of rotatable bonds is 37. The highest BCUT2D eigenvalue weighted by atomic mass is 16.6. The van der Waals surface area contributed by atoms with Gasteiger partial charge in [0.25, 0.3) is 0 Å². The normalized spacial score (nSPS) is 12.6. The summed E-state index contributed by atoms with van der Waals surface area (Å²) < 4.78 is 84.2. The molecule has 8 aromatic rings. The van der Waals surface area contributed by atoms with Crippen LogP contribution in [0.1, 0.15) is 142 Å². The highest BCUT2D eigenvalue weighted by molar-refractivity contribution is 6.17. The molecule has 5 amide bonds. The molecule has 0 fully saturated rings. The number of ether oxygens (including phenoxy) is 13. The van der Waals surface area contributed by atoms with E-state index in [0.717, 1.165) is 16.7 Å². The van der Waals surface area contributed by atoms with E-state index in [2.05, 4.69) is 31.9 Å². The van der Waals surface area contributed by atoms with Gasteiger partial charge in [0.15, 0.2) is 34.5 Å². The van der Waals surface area contributed by atoms with Gasteiger partial charge in [-0.25, -0.2) is 43.2 Å². The van der Waals surface area contributed by atoms with E-state index < -0.39 is 88.9 Å². The molecule has 0 bridgehead atoms. The minimum atomic E-state index is -1.33. The maximum Gasteiger partial charge on any atom is 0.408 e. The highest BCUT2D eigenvalue weighted by Gasteiger charge is 2.38. The monoisotopic (exact) mass is 1600 g/mol. The van der Waals surface area contributed by atoms with Gasteiger partial charge < -0.3 is 97.1 Å². The SMILES string of the molecule is COc1cc(-c2c3n(c4c(=O)oc5cc(OC(=O)[C@H](CCCCNC(=O)OCc6ccccc6)NC(=O)OC(C)(C)C)c(OC)cc5c24)CCc2c-3cc(OC)c(OC)c2OC(=O)[C@H](CCCCNCOCc2ccccc2)NC(=O)OC(C)(C)C)ccc1OC(=O)[C@H](CCCCNC(=O)OCc1ccccc1)NC(=O)OC(C)(C)C. The van der Waals surface area contributed by atoms with Gasteiger partial charge in [0.05, 0.1) is 47.5 Å². The third kappa shape index (κ3) is 25.5. The fraction of sp³-hybridized carbons (Fsp3) is 0.430. The van der Waals surface area contributed by atoms with Gasteiger partial charge in [-0.3, -0.25) is 5.32 Å². The summed E-state index contributed by atoms with van der Waals surface area (Å²) in [6.45, 7) is 16.8. The quantitative estimate of drug-likeness (QED) is 0.00526. The molecule has 0 saturated carbocycles. The van der Waals surface area contributed by atoms with Crippen LogP contribution in [0.25, 0.3) is 44.3 Å². The van der Waals surface area contributed by atoms with Gasteiger partial charge in [-0.1, -0.05) is 97.1 Å². The fourth-order valence-corrected chi connectivity index (χ4v) is 12.8. The van der Waals surface area contributed by atoms with Crippen LogP contribution in [0.3, 0.4) is 0 Å². The zero-order valence-electron chi connectivity index (χ0n) is 67.9. The molecule has 0 saturated heterocycles. The summed E-state index contributed by atoms with van der Waals surface area (Å²) in [5, 5.41) is 17.2. The number of hydrogen-bond donors (Lipinski definition) is 6. The van der Waals surface area contributed by atoms with E-state index >= 15 is 9.59 Å². The second-order valence-electron chi connectivity index (χ2n) is 30.4. The number of unbranched alkanes of at least 4 members (excludes halogenated alkanes) is 3. The molecule has 0 aliphatic carbocycles. The smallest absolute Gasteiger partial charge is 0.408 e. The molecular formula is C86H105N7O23. The molecule has 9 rings (SSSR count). The molecule has 116 heavy (non-hydrogen) atoms. The Bertz CT molecular complexity index is 4780. The number of esters is 3. The Labute approximate surface area is 673 Å². The lowest BCUT2D eigenvalue weighted by Gasteiger charge is -2.27. The van der Waals surface area contributed by atoms with Crippen LogP contribution in [-0.4, -0.2) is 143 Å². The predicted molar refractivity (Wildman–Crippen MR) is 430 cm³/mol. The average molecular weight is 1600 g/mol. The number of aromatic nitrogens is 1. The molecule has 622 valence electrons. The Morgan fingerprint density at radius 2 is 0.922 bits per heavy atom. The molecule has 1 aliphatic rings. The lowest BCUT2D eigenvalue weighted by atomic mass is 9.91. The lowest BCUT2D eigenvalue weighted by molar-refractivity contribution is -0.137. The van der Waals surface area contributed by atoms with E-state index in [1.807, 2.05) is 91.0 Å². The minimum absolute atomic E-state index is 0.00181. The largest absolute Gasteiger partial charge is 0.493 e. The van der Waals surface area contributed by atoms with Crippen molar-refractivity contribution in [2.45, 2.75) is 188 Å². The van der Waals surface area contributed by atoms with Crippen molar-refractivity contribution < 1.29 is 104 Å².